The molecule has 2 aromatic carbocycles. The number of rotatable bonds is 9. The molecule has 0 heterocycles. The minimum absolute atomic E-state index is 0.200. The first-order chi connectivity index (χ1) is 15.5. The lowest BCUT2D eigenvalue weighted by Crippen LogP contribution is -2.13. The Bertz CT molecular complexity index is 1020. The summed E-state index contributed by atoms with van der Waals surface area (Å²) in [5.74, 6) is 0.751. The molecule has 0 aromatic heterocycles. The summed E-state index contributed by atoms with van der Waals surface area (Å²) in [6.45, 7) is 2.89. The van der Waals surface area contributed by atoms with Gasteiger partial charge in [0, 0.05) is 6.42 Å². The summed E-state index contributed by atoms with van der Waals surface area (Å²) in [4.78, 5) is 10.7. The van der Waals surface area contributed by atoms with E-state index in [-0.39, 0.29) is 11.8 Å². The predicted molar refractivity (Wildman–Crippen MR) is 125 cm³/mol. The van der Waals surface area contributed by atoms with Crippen molar-refractivity contribution in [1.82, 2.24) is 0 Å². The van der Waals surface area contributed by atoms with E-state index in [2.05, 4.69) is 37.3 Å². The zero-order chi connectivity index (χ0) is 22.6. The molecule has 0 bridgehead atoms. The number of carbonyl (C=O) groups is 1. The van der Waals surface area contributed by atoms with E-state index in [9.17, 15) is 10.1 Å². The van der Waals surface area contributed by atoms with Crippen LogP contribution in [0.25, 0.3) is 5.57 Å². The number of carboxylic acid groups (broad SMARTS) is 1. The lowest BCUT2D eigenvalue weighted by molar-refractivity contribution is -0.137. The van der Waals surface area contributed by atoms with Gasteiger partial charge in [0.2, 0.25) is 0 Å². The van der Waals surface area contributed by atoms with Gasteiger partial charge in [-0.15, -0.1) is 0 Å². The highest BCUT2D eigenvalue weighted by Crippen LogP contribution is 2.48. The summed E-state index contributed by atoms with van der Waals surface area (Å²) >= 11 is 0. The molecule has 1 N–H and O–H groups in total. The number of nitrogens with zero attached hydrogens (tertiary/aromatic N) is 1. The average molecular weight is 430 g/mol. The van der Waals surface area contributed by atoms with Gasteiger partial charge in [0.15, 0.2) is 0 Å². The van der Waals surface area contributed by atoms with Crippen LogP contribution in [0.15, 0.2) is 54.1 Å². The number of benzene rings is 2. The first kappa shape index (κ1) is 22.1. The lowest BCUT2D eigenvalue weighted by Gasteiger charge is -2.26. The van der Waals surface area contributed by atoms with Crippen molar-refractivity contribution in [2.45, 2.75) is 63.7 Å². The Kier molecular flexibility index (Phi) is 6.65. The molecule has 1 saturated carbocycles. The molecule has 4 heteroatoms. The number of carboxylic acids is 1. The smallest absolute Gasteiger partial charge is 0.303 e. The van der Waals surface area contributed by atoms with Crippen LogP contribution in [-0.2, 0) is 16.6 Å². The van der Waals surface area contributed by atoms with Crippen molar-refractivity contribution < 1.29 is 14.6 Å². The average Bonchev–Trinajstić information content (AvgIpc) is 3.60. The van der Waals surface area contributed by atoms with Gasteiger partial charge in [0.05, 0.1) is 11.5 Å². The predicted octanol–water partition coefficient (Wildman–Crippen LogP) is 6.30. The van der Waals surface area contributed by atoms with Gasteiger partial charge in [-0.05, 0) is 90.8 Å². The molecule has 1 unspecified atom stereocenters. The zero-order valence-corrected chi connectivity index (χ0v) is 18.8. The highest BCUT2D eigenvalue weighted by molar-refractivity contribution is 5.70. The van der Waals surface area contributed by atoms with E-state index in [1.807, 2.05) is 24.3 Å². The third kappa shape index (κ3) is 5.22. The Labute approximate surface area is 190 Å². The normalized spacial score (nSPS) is 19.3. The lowest BCUT2D eigenvalue weighted by atomic mass is 9.82. The standard InChI is InChI=1S/C28H31NO3/c1-20-5-14-26(22-8-10-24(11-9-22)28(19-29)15-16-28)23(17-20)18-32-25-12-6-21(7-13-25)3-2-4-27(30)31/h6-13,20H,2-5,14-18H2,1H3,(H,30,31). The highest BCUT2D eigenvalue weighted by atomic mass is 16.5. The van der Waals surface area contributed by atoms with Crippen molar-refractivity contribution in [3.05, 3.63) is 70.8 Å². The van der Waals surface area contributed by atoms with E-state index < -0.39 is 5.97 Å². The van der Waals surface area contributed by atoms with Crippen molar-refractivity contribution in [2.75, 3.05) is 6.61 Å². The van der Waals surface area contributed by atoms with Crippen LogP contribution in [0, 0.1) is 17.2 Å². The molecule has 4 nitrogen and oxygen atoms in total. The van der Waals surface area contributed by atoms with Crippen LogP contribution >= 0.6 is 0 Å². The number of hydrogen-bond donors (Lipinski definition) is 1. The molecule has 4 rings (SSSR count). The molecule has 2 aromatic rings. The van der Waals surface area contributed by atoms with Crippen molar-refractivity contribution in [2.24, 2.45) is 5.92 Å². The molecule has 0 spiro atoms. The van der Waals surface area contributed by atoms with Crippen LogP contribution in [0.3, 0.4) is 0 Å². The monoisotopic (exact) mass is 429 g/mol. The molecule has 1 fully saturated rings. The topological polar surface area (TPSA) is 70.3 Å². The molecule has 0 saturated heterocycles. The molecule has 32 heavy (non-hydrogen) atoms. The molecule has 2 aliphatic rings. The van der Waals surface area contributed by atoms with Gasteiger partial charge >= 0.3 is 5.97 Å². The Hall–Kier alpha value is -3.06. The molecule has 0 radical (unpaired) electrons. The van der Waals surface area contributed by atoms with E-state index >= 15 is 0 Å². The highest BCUT2D eigenvalue weighted by Gasteiger charge is 2.44. The summed E-state index contributed by atoms with van der Waals surface area (Å²) in [5.41, 5.74) is 6.05. The van der Waals surface area contributed by atoms with Crippen LogP contribution in [0.4, 0.5) is 0 Å². The Balaban J connectivity index is 1.43. The quantitative estimate of drug-likeness (QED) is 0.508. The number of aliphatic carboxylic acids is 1. The fourth-order valence-corrected chi connectivity index (χ4v) is 4.65. The van der Waals surface area contributed by atoms with Crippen molar-refractivity contribution >= 4 is 11.5 Å². The molecule has 2 aliphatic carbocycles. The second-order valence-corrected chi connectivity index (χ2v) is 9.38. The second-order valence-electron chi connectivity index (χ2n) is 9.38. The molecule has 1 atom stereocenters. The molecule has 0 amide bonds. The fraction of sp³-hybridized carbons (Fsp3) is 0.429. The van der Waals surface area contributed by atoms with Gasteiger partial charge < -0.3 is 9.84 Å². The zero-order valence-electron chi connectivity index (χ0n) is 18.8. The number of ether oxygens (including phenoxy) is 1. The molecular formula is C28H31NO3. The van der Waals surface area contributed by atoms with E-state index in [4.69, 9.17) is 9.84 Å². The van der Waals surface area contributed by atoms with Crippen molar-refractivity contribution in [3.8, 4) is 11.8 Å². The summed E-state index contributed by atoms with van der Waals surface area (Å²) < 4.78 is 6.15. The maximum Gasteiger partial charge on any atom is 0.303 e. The molecule has 0 aliphatic heterocycles. The minimum atomic E-state index is -0.748. The summed E-state index contributed by atoms with van der Waals surface area (Å²) in [7, 11) is 0. The van der Waals surface area contributed by atoms with Gasteiger partial charge in [-0.1, -0.05) is 43.3 Å². The summed E-state index contributed by atoms with van der Waals surface area (Å²) in [5, 5.41) is 18.2. The Morgan fingerprint density at radius 3 is 2.50 bits per heavy atom. The van der Waals surface area contributed by atoms with Crippen LogP contribution < -0.4 is 4.74 Å². The van der Waals surface area contributed by atoms with Gasteiger partial charge in [-0.3, -0.25) is 4.79 Å². The van der Waals surface area contributed by atoms with E-state index in [1.165, 1.54) is 23.1 Å². The van der Waals surface area contributed by atoms with Crippen molar-refractivity contribution in [3.63, 3.8) is 0 Å². The van der Waals surface area contributed by atoms with Crippen LogP contribution in [-0.4, -0.2) is 17.7 Å². The Morgan fingerprint density at radius 1 is 1.16 bits per heavy atom. The van der Waals surface area contributed by atoms with E-state index in [1.54, 1.807) is 0 Å². The second kappa shape index (κ2) is 9.61. The largest absolute Gasteiger partial charge is 0.489 e. The maximum atomic E-state index is 10.7. The number of nitriles is 1. The number of allylic oxidation sites excluding steroid dienone is 1. The number of hydrogen-bond acceptors (Lipinski definition) is 3. The van der Waals surface area contributed by atoms with Crippen molar-refractivity contribution in [1.29, 1.82) is 5.26 Å². The summed E-state index contributed by atoms with van der Waals surface area (Å²) in [6, 6.07) is 19.1. The third-order valence-electron chi connectivity index (χ3n) is 6.85. The SMILES string of the molecule is CC1CCC(c2ccc(C3(C#N)CC3)cc2)=C(COc2ccc(CCCC(=O)O)cc2)C1. The molecular weight excluding hydrogens is 398 g/mol. The summed E-state index contributed by atoms with van der Waals surface area (Å²) in [6.07, 6.45) is 6.86. The van der Waals surface area contributed by atoms with Gasteiger partial charge in [0.1, 0.15) is 12.4 Å². The minimum Gasteiger partial charge on any atom is -0.489 e. The third-order valence-corrected chi connectivity index (χ3v) is 6.85. The van der Waals surface area contributed by atoms with E-state index in [0.29, 0.717) is 18.9 Å². The van der Waals surface area contributed by atoms with Gasteiger partial charge in [-0.2, -0.15) is 5.26 Å². The molecule has 166 valence electrons. The van der Waals surface area contributed by atoms with E-state index in [0.717, 1.165) is 49.0 Å². The maximum absolute atomic E-state index is 10.7. The Morgan fingerprint density at radius 2 is 1.88 bits per heavy atom. The fourth-order valence-electron chi connectivity index (χ4n) is 4.65. The number of aryl methyl sites for hydroxylation is 1. The first-order valence-corrected chi connectivity index (χ1v) is 11.7. The first-order valence-electron chi connectivity index (χ1n) is 11.7. The van der Waals surface area contributed by atoms with Gasteiger partial charge in [0.25, 0.3) is 0 Å². The van der Waals surface area contributed by atoms with Crippen LogP contribution in [0.1, 0.15) is 68.6 Å². The van der Waals surface area contributed by atoms with Crippen LogP contribution in [0.2, 0.25) is 0 Å². The van der Waals surface area contributed by atoms with Gasteiger partial charge in [-0.25, -0.2) is 0 Å². The van der Waals surface area contributed by atoms with Crippen LogP contribution in [0.5, 0.6) is 5.75 Å².